The summed E-state index contributed by atoms with van der Waals surface area (Å²) in [5, 5.41) is 11.2. The molecule has 1 aromatic heterocycles. The van der Waals surface area contributed by atoms with Gasteiger partial charge in [-0.05, 0) is 32.0 Å². The molecule has 7 nitrogen and oxygen atoms in total. The van der Waals surface area contributed by atoms with Crippen LogP contribution in [0, 0.1) is 6.92 Å². The monoisotopic (exact) mass is 350 g/mol. The number of hydrogen-bond acceptors (Lipinski definition) is 5. The molecule has 132 valence electrons. The number of nitrogens with zero attached hydrogens (tertiary/aromatic N) is 2. The molecule has 0 aliphatic heterocycles. The molecule has 0 saturated heterocycles. The van der Waals surface area contributed by atoms with Crippen molar-refractivity contribution in [2.45, 2.75) is 13.8 Å². The van der Waals surface area contributed by atoms with Crippen LogP contribution in [-0.4, -0.2) is 28.9 Å². The Bertz CT molecular complexity index is 1070. The smallest absolute Gasteiger partial charge is 0.292 e. The van der Waals surface area contributed by atoms with Gasteiger partial charge in [-0.1, -0.05) is 29.8 Å². The Morgan fingerprint density at radius 1 is 1.19 bits per heavy atom. The van der Waals surface area contributed by atoms with Gasteiger partial charge in [0.1, 0.15) is 5.75 Å². The fourth-order valence-corrected chi connectivity index (χ4v) is 2.64. The number of ether oxygens (including phenoxy) is 1. The van der Waals surface area contributed by atoms with Crippen molar-refractivity contribution in [2.75, 3.05) is 7.11 Å². The van der Waals surface area contributed by atoms with E-state index < -0.39 is 5.91 Å². The third-order valence-electron chi connectivity index (χ3n) is 3.98. The van der Waals surface area contributed by atoms with Crippen molar-refractivity contribution in [2.24, 2.45) is 5.10 Å². The number of rotatable bonds is 4. The topological polar surface area (TPSA) is 96.4 Å². The molecular weight excluding hydrogens is 332 g/mol. The van der Waals surface area contributed by atoms with Crippen molar-refractivity contribution in [3.63, 3.8) is 0 Å². The molecule has 0 spiro atoms. The van der Waals surface area contributed by atoms with Crippen molar-refractivity contribution in [3.05, 3.63) is 69.6 Å². The summed E-state index contributed by atoms with van der Waals surface area (Å²) >= 11 is 0. The highest BCUT2D eigenvalue weighted by Gasteiger charge is 2.14. The third kappa shape index (κ3) is 3.32. The van der Waals surface area contributed by atoms with E-state index in [1.54, 1.807) is 38.3 Å². The van der Waals surface area contributed by atoms with Gasteiger partial charge in [0.05, 0.1) is 18.2 Å². The van der Waals surface area contributed by atoms with Crippen LogP contribution in [0.15, 0.2) is 52.4 Å². The zero-order valence-corrected chi connectivity index (χ0v) is 14.7. The SMILES string of the molecule is COc1ccc(C)cc1/C(C)=N\NC(=O)c1n[nH]c(=O)c2ccccc12. The van der Waals surface area contributed by atoms with E-state index in [0.717, 1.165) is 11.1 Å². The molecule has 0 bridgehead atoms. The van der Waals surface area contributed by atoms with Crippen LogP contribution in [0.2, 0.25) is 0 Å². The highest BCUT2D eigenvalue weighted by Crippen LogP contribution is 2.20. The fourth-order valence-electron chi connectivity index (χ4n) is 2.64. The molecule has 7 heteroatoms. The molecule has 1 amide bonds. The molecule has 0 radical (unpaired) electrons. The standard InChI is InChI=1S/C19H18N4O3/c1-11-8-9-16(26-3)15(10-11)12(2)20-23-19(25)17-13-6-4-5-7-14(13)18(24)22-21-17/h4-10H,1-3H3,(H,22,24)(H,23,25)/b20-12-. The molecule has 26 heavy (non-hydrogen) atoms. The number of methoxy groups -OCH3 is 1. The Labute approximate surface area is 149 Å². The van der Waals surface area contributed by atoms with E-state index in [1.807, 2.05) is 25.1 Å². The average Bonchev–Trinajstić information content (AvgIpc) is 2.66. The summed E-state index contributed by atoms with van der Waals surface area (Å²) in [7, 11) is 1.58. The zero-order valence-electron chi connectivity index (χ0n) is 14.7. The van der Waals surface area contributed by atoms with Gasteiger partial charge < -0.3 is 4.74 Å². The molecule has 2 aromatic carbocycles. The molecule has 0 saturated carbocycles. The average molecular weight is 350 g/mol. The highest BCUT2D eigenvalue weighted by atomic mass is 16.5. The molecule has 3 rings (SSSR count). The number of fused-ring (bicyclic) bond motifs is 1. The Hall–Kier alpha value is -3.48. The van der Waals surface area contributed by atoms with Gasteiger partial charge in [0.25, 0.3) is 11.5 Å². The van der Waals surface area contributed by atoms with Crippen LogP contribution in [0.4, 0.5) is 0 Å². The Morgan fingerprint density at radius 2 is 1.92 bits per heavy atom. The van der Waals surface area contributed by atoms with Crippen molar-refractivity contribution in [3.8, 4) is 5.75 Å². The molecule has 2 N–H and O–H groups in total. The number of amides is 1. The van der Waals surface area contributed by atoms with E-state index in [1.165, 1.54) is 0 Å². The normalized spacial score (nSPS) is 11.4. The van der Waals surface area contributed by atoms with Crippen LogP contribution in [0.1, 0.15) is 28.5 Å². The highest BCUT2D eigenvalue weighted by molar-refractivity contribution is 6.06. The summed E-state index contributed by atoms with van der Waals surface area (Å²) in [6, 6.07) is 12.5. The molecule has 0 unspecified atom stereocenters. The lowest BCUT2D eigenvalue weighted by Crippen LogP contribution is -2.23. The van der Waals surface area contributed by atoms with Crippen LogP contribution in [0.3, 0.4) is 0 Å². The molecule has 3 aromatic rings. The predicted octanol–water partition coefficient (Wildman–Crippen LogP) is 2.39. The van der Waals surface area contributed by atoms with E-state index in [4.69, 9.17) is 4.74 Å². The third-order valence-corrected chi connectivity index (χ3v) is 3.98. The predicted molar refractivity (Wildman–Crippen MR) is 99.8 cm³/mol. The summed E-state index contributed by atoms with van der Waals surface area (Å²) in [5.41, 5.74) is 4.67. The number of benzene rings is 2. The maximum atomic E-state index is 12.5. The zero-order chi connectivity index (χ0) is 18.7. The van der Waals surface area contributed by atoms with E-state index >= 15 is 0 Å². The Balaban J connectivity index is 1.92. The van der Waals surface area contributed by atoms with E-state index in [0.29, 0.717) is 22.2 Å². The van der Waals surface area contributed by atoms with Crippen molar-refractivity contribution in [1.29, 1.82) is 0 Å². The van der Waals surface area contributed by atoms with Gasteiger partial charge in [0, 0.05) is 10.9 Å². The van der Waals surface area contributed by atoms with E-state index in [9.17, 15) is 9.59 Å². The quantitative estimate of drug-likeness (QED) is 0.558. The number of carbonyl (C=O) groups is 1. The number of carbonyl (C=O) groups excluding carboxylic acids is 1. The first-order valence-electron chi connectivity index (χ1n) is 7.98. The number of aryl methyl sites for hydroxylation is 1. The minimum Gasteiger partial charge on any atom is -0.496 e. The van der Waals surface area contributed by atoms with Crippen LogP contribution in [0.5, 0.6) is 5.75 Å². The molecule has 0 aliphatic rings. The van der Waals surface area contributed by atoms with Gasteiger partial charge in [-0.3, -0.25) is 9.59 Å². The second-order valence-electron chi connectivity index (χ2n) is 5.79. The molecule has 0 fully saturated rings. The van der Waals surface area contributed by atoms with Crippen molar-refractivity contribution in [1.82, 2.24) is 15.6 Å². The lowest BCUT2D eigenvalue weighted by Gasteiger charge is -2.09. The lowest BCUT2D eigenvalue weighted by molar-refractivity contribution is 0.0950. The summed E-state index contributed by atoms with van der Waals surface area (Å²) in [6.45, 7) is 3.74. The van der Waals surface area contributed by atoms with Gasteiger partial charge in [0.2, 0.25) is 0 Å². The maximum Gasteiger partial charge on any atom is 0.292 e. The first-order chi connectivity index (χ1) is 12.5. The van der Waals surface area contributed by atoms with Crippen molar-refractivity contribution < 1.29 is 9.53 Å². The molecule has 0 aliphatic carbocycles. The van der Waals surface area contributed by atoms with E-state index in [-0.39, 0.29) is 11.3 Å². The maximum absolute atomic E-state index is 12.5. The first kappa shape index (κ1) is 17.3. The number of hydrogen-bond donors (Lipinski definition) is 2. The second kappa shape index (κ2) is 7.18. The number of aromatic amines is 1. The largest absolute Gasteiger partial charge is 0.496 e. The lowest BCUT2D eigenvalue weighted by atomic mass is 10.1. The number of aromatic nitrogens is 2. The van der Waals surface area contributed by atoms with Gasteiger partial charge in [-0.25, -0.2) is 10.5 Å². The Kier molecular flexibility index (Phi) is 4.79. The minimum absolute atomic E-state index is 0.105. The minimum atomic E-state index is -0.511. The van der Waals surface area contributed by atoms with Crippen LogP contribution in [-0.2, 0) is 0 Å². The van der Waals surface area contributed by atoms with Gasteiger partial charge >= 0.3 is 0 Å². The molecular formula is C19H18N4O3. The second-order valence-corrected chi connectivity index (χ2v) is 5.79. The first-order valence-corrected chi connectivity index (χ1v) is 7.98. The van der Waals surface area contributed by atoms with Crippen molar-refractivity contribution >= 4 is 22.4 Å². The number of H-pyrrole nitrogens is 1. The molecule has 0 atom stereocenters. The van der Waals surface area contributed by atoms with Gasteiger partial charge in [0.15, 0.2) is 5.69 Å². The Morgan fingerprint density at radius 3 is 2.65 bits per heavy atom. The van der Waals surface area contributed by atoms with Crippen LogP contribution < -0.4 is 15.7 Å². The summed E-state index contributed by atoms with van der Waals surface area (Å²) in [5.74, 6) is 0.155. The fraction of sp³-hybridized carbons (Fsp3) is 0.158. The van der Waals surface area contributed by atoms with E-state index in [2.05, 4.69) is 20.7 Å². The van der Waals surface area contributed by atoms with Crippen LogP contribution in [0.25, 0.3) is 10.8 Å². The number of nitrogens with one attached hydrogen (secondary N) is 2. The van der Waals surface area contributed by atoms with Crippen LogP contribution >= 0.6 is 0 Å². The number of hydrazone groups is 1. The summed E-state index contributed by atoms with van der Waals surface area (Å²) < 4.78 is 5.34. The van der Waals surface area contributed by atoms with Gasteiger partial charge in [-0.15, -0.1) is 0 Å². The summed E-state index contributed by atoms with van der Waals surface area (Å²) in [6.07, 6.45) is 0. The summed E-state index contributed by atoms with van der Waals surface area (Å²) in [4.78, 5) is 24.3. The molecule has 1 heterocycles. The van der Waals surface area contributed by atoms with Gasteiger partial charge in [-0.2, -0.15) is 10.2 Å².